The fraction of sp³-hybridized carbons (Fsp3) is 0.276. The standard InChI is InChI=1S/C29H29ClN4O2S/c1-20-7-5-6-10-26(20)31-27(35)19-37-29-33-32-28(21-11-13-22(30)14-12-21)34(29)23-15-17-25(18-16-23)36-24-8-3-2-4-9-24/h2-4,8-9,11-18,20,26H,5-7,10,19H2,1H3,(H,31,35)/t20-,26+/m0/s1. The van der Waals surface area contributed by atoms with Crippen molar-refractivity contribution in [3.8, 4) is 28.6 Å². The van der Waals surface area contributed by atoms with Crippen LogP contribution in [0.2, 0.25) is 5.02 Å². The number of halogens is 1. The van der Waals surface area contributed by atoms with Crippen molar-refractivity contribution in [3.63, 3.8) is 0 Å². The predicted molar refractivity (Wildman–Crippen MR) is 149 cm³/mol. The number of aromatic nitrogens is 3. The highest BCUT2D eigenvalue weighted by Gasteiger charge is 2.23. The minimum atomic E-state index is 0.0259. The Labute approximate surface area is 226 Å². The number of nitrogens with one attached hydrogen (secondary N) is 1. The predicted octanol–water partition coefficient (Wildman–Crippen LogP) is 7.17. The van der Waals surface area contributed by atoms with E-state index in [0.717, 1.165) is 29.2 Å². The first-order valence-electron chi connectivity index (χ1n) is 12.5. The maximum Gasteiger partial charge on any atom is 0.230 e. The van der Waals surface area contributed by atoms with Gasteiger partial charge in [0.25, 0.3) is 0 Å². The van der Waals surface area contributed by atoms with E-state index in [0.29, 0.717) is 21.9 Å². The number of benzene rings is 3. The van der Waals surface area contributed by atoms with Crippen LogP contribution in [0.1, 0.15) is 32.6 Å². The maximum absolute atomic E-state index is 12.8. The van der Waals surface area contributed by atoms with Gasteiger partial charge in [-0.2, -0.15) is 0 Å². The number of rotatable bonds is 8. The van der Waals surface area contributed by atoms with Crippen molar-refractivity contribution in [1.82, 2.24) is 20.1 Å². The highest BCUT2D eigenvalue weighted by molar-refractivity contribution is 7.99. The molecule has 190 valence electrons. The monoisotopic (exact) mass is 532 g/mol. The number of carbonyl (C=O) groups is 1. The summed E-state index contributed by atoms with van der Waals surface area (Å²) in [7, 11) is 0. The van der Waals surface area contributed by atoms with Gasteiger partial charge in [-0.1, -0.05) is 61.3 Å². The molecule has 0 unspecified atom stereocenters. The molecule has 1 N–H and O–H groups in total. The van der Waals surface area contributed by atoms with Gasteiger partial charge in [-0.25, -0.2) is 0 Å². The van der Waals surface area contributed by atoms with Gasteiger partial charge < -0.3 is 10.1 Å². The Bertz CT molecular complexity index is 1330. The molecule has 4 aromatic rings. The Balaban J connectivity index is 1.37. The number of ether oxygens (including phenoxy) is 1. The van der Waals surface area contributed by atoms with Crippen LogP contribution in [-0.4, -0.2) is 32.5 Å². The van der Waals surface area contributed by atoms with Crippen LogP contribution in [0.4, 0.5) is 0 Å². The number of hydrogen-bond acceptors (Lipinski definition) is 5. The third-order valence-electron chi connectivity index (χ3n) is 6.60. The van der Waals surface area contributed by atoms with Crippen LogP contribution < -0.4 is 10.1 Å². The Kier molecular flexibility index (Phi) is 8.12. The summed E-state index contributed by atoms with van der Waals surface area (Å²) in [5, 5.41) is 13.4. The lowest BCUT2D eigenvalue weighted by Gasteiger charge is -2.29. The van der Waals surface area contributed by atoms with Crippen molar-refractivity contribution in [1.29, 1.82) is 0 Å². The Hall–Kier alpha value is -3.29. The molecule has 0 saturated heterocycles. The van der Waals surface area contributed by atoms with Gasteiger partial charge in [0.2, 0.25) is 5.91 Å². The summed E-state index contributed by atoms with van der Waals surface area (Å²) < 4.78 is 7.92. The summed E-state index contributed by atoms with van der Waals surface area (Å²) in [6, 6.07) is 25.2. The smallest absolute Gasteiger partial charge is 0.230 e. The van der Waals surface area contributed by atoms with Crippen LogP contribution >= 0.6 is 23.4 Å². The molecule has 0 radical (unpaired) electrons. The van der Waals surface area contributed by atoms with E-state index >= 15 is 0 Å². The zero-order valence-corrected chi connectivity index (χ0v) is 22.2. The fourth-order valence-electron chi connectivity index (χ4n) is 4.58. The summed E-state index contributed by atoms with van der Waals surface area (Å²) in [5.41, 5.74) is 1.76. The molecule has 8 heteroatoms. The lowest BCUT2D eigenvalue weighted by Crippen LogP contribution is -2.41. The molecule has 1 fully saturated rings. The van der Waals surface area contributed by atoms with Crippen LogP contribution in [0, 0.1) is 5.92 Å². The lowest BCUT2D eigenvalue weighted by molar-refractivity contribution is -0.119. The molecule has 6 nitrogen and oxygen atoms in total. The number of carbonyl (C=O) groups excluding carboxylic acids is 1. The maximum atomic E-state index is 12.8. The number of amides is 1. The van der Waals surface area contributed by atoms with Gasteiger partial charge in [0, 0.05) is 22.3 Å². The van der Waals surface area contributed by atoms with Gasteiger partial charge in [0.15, 0.2) is 11.0 Å². The molecule has 3 aromatic carbocycles. The zero-order chi connectivity index (χ0) is 25.6. The first kappa shape index (κ1) is 25.4. The molecule has 0 aliphatic heterocycles. The van der Waals surface area contributed by atoms with Crippen LogP contribution in [0.25, 0.3) is 17.1 Å². The third kappa shape index (κ3) is 6.35. The normalized spacial score (nSPS) is 17.4. The summed E-state index contributed by atoms with van der Waals surface area (Å²) in [6.07, 6.45) is 4.63. The summed E-state index contributed by atoms with van der Waals surface area (Å²) in [5.74, 6) is 2.99. The van der Waals surface area contributed by atoms with Crippen molar-refractivity contribution in [3.05, 3.63) is 83.9 Å². The van der Waals surface area contributed by atoms with Gasteiger partial charge in [-0.15, -0.1) is 10.2 Å². The van der Waals surface area contributed by atoms with Gasteiger partial charge >= 0.3 is 0 Å². The van der Waals surface area contributed by atoms with Gasteiger partial charge in [0.1, 0.15) is 11.5 Å². The molecule has 0 bridgehead atoms. The van der Waals surface area contributed by atoms with E-state index in [1.54, 1.807) is 0 Å². The van der Waals surface area contributed by atoms with Crippen molar-refractivity contribution >= 4 is 29.3 Å². The van der Waals surface area contributed by atoms with Gasteiger partial charge in [-0.3, -0.25) is 9.36 Å². The van der Waals surface area contributed by atoms with Gasteiger partial charge in [0.05, 0.1) is 5.75 Å². The zero-order valence-electron chi connectivity index (χ0n) is 20.6. The van der Waals surface area contributed by atoms with Crippen LogP contribution in [0.3, 0.4) is 0 Å². The number of nitrogens with zero attached hydrogens (tertiary/aromatic N) is 3. The number of para-hydroxylation sites is 1. The first-order chi connectivity index (χ1) is 18.1. The van der Waals surface area contributed by atoms with Crippen molar-refractivity contribution in [2.75, 3.05) is 5.75 Å². The number of hydrogen-bond donors (Lipinski definition) is 1. The minimum absolute atomic E-state index is 0.0259. The molecule has 1 heterocycles. The van der Waals surface area contributed by atoms with E-state index in [4.69, 9.17) is 16.3 Å². The Morgan fingerprint density at radius 3 is 2.41 bits per heavy atom. The molecule has 2 atom stereocenters. The molecular formula is C29H29ClN4O2S. The molecule has 1 aliphatic carbocycles. The number of thioether (sulfide) groups is 1. The average molecular weight is 533 g/mol. The summed E-state index contributed by atoms with van der Waals surface area (Å²) in [4.78, 5) is 12.8. The summed E-state index contributed by atoms with van der Waals surface area (Å²) >= 11 is 7.50. The highest BCUT2D eigenvalue weighted by atomic mass is 35.5. The molecule has 0 spiro atoms. The second kappa shape index (κ2) is 11.8. The first-order valence-corrected chi connectivity index (χ1v) is 13.9. The van der Waals surface area contributed by atoms with E-state index in [2.05, 4.69) is 22.4 Å². The van der Waals surface area contributed by atoms with E-state index in [1.165, 1.54) is 31.0 Å². The van der Waals surface area contributed by atoms with E-state index < -0.39 is 0 Å². The highest BCUT2D eigenvalue weighted by Crippen LogP contribution is 2.31. The molecule has 1 aromatic heterocycles. The third-order valence-corrected chi connectivity index (χ3v) is 7.78. The molecule has 1 aliphatic rings. The van der Waals surface area contributed by atoms with Crippen LogP contribution in [-0.2, 0) is 4.79 Å². The van der Waals surface area contributed by atoms with E-state index in [1.807, 2.05) is 83.4 Å². The van der Waals surface area contributed by atoms with Crippen molar-refractivity contribution in [2.45, 2.75) is 43.8 Å². The quantitative estimate of drug-likeness (QED) is 0.244. The van der Waals surface area contributed by atoms with E-state index in [-0.39, 0.29) is 17.7 Å². The average Bonchev–Trinajstić information content (AvgIpc) is 3.34. The van der Waals surface area contributed by atoms with Crippen LogP contribution in [0.15, 0.2) is 84.0 Å². The molecule has 1 amide bonds. The second-order valence-corrected chi connectivity index (χ2v) is 10.7. The summed E-state index contributed by atoms with van der Waals surface area (Å²) in [6.45, 7) is 2.22. The Morgan fingerprint density at radius 2 is 1.68 bits per heavy atom. The van der Waals surface area contributed by atoms with Crippen LogP contribution in [0.5, 0.6) is 11.5 Å². The Morgan fingerprint density at radius 1 is 0.973 bits per heavy atom. The molecular weight excluding hydrogens is 504 g/mol. The molecule has 1 saturated carbocycles. The molecule has 5 rings (SSSR count). The van der Waals surface area contributed by atoms with Crippen molar-refractivity contribution < 1.29 is 9.53 Å². The largest absolute Gasteiger partial charge is 0.457 e. The fourth-order valence-corrected chi connectivity index (χ4v) is 5.47. The molecule has 37 heavy (non-hydrogen) atoms. The minimum Gasteiger partial charge on any atom is -0.457 e. The SMILES string of the molecule is C[C@H]1CCCC[C@H]1NC(=O)CSc1nnc(-c2ccc(Cl)cc2)n1-c1ccc(Oc2ccccc2)cc1. The topological polar surface area (TPSA) is 69.0 Å². The van der Waals surface area contributed by atoms with Crippen molar-refractivity contribution in [2.24, 2.45) is 5.92 Å². The second-order valence-electron chi connectivity index (χ2n) is 9.28. The van der Waals surface area contributed by atoms with E-state index in [9.17, 15) is 4.79 Å². The van der Waals surface area contributed by atoms with Gasteiger partial charge in [-0.05, 0) is 79.4 Å². The lowest BCUT2D eigenvalue weighted by atomic mass is 9.86.